The Morgan fingerprint density at radius 1 is 0.420 bits per heavy atom. The standard InChI is InChI=1S/2C17H15.C12H10Si.2ClH.Hf/c2*1-12-10-13(2)17(11-12)16-9-5-7-14-6-3-4-8-15(14)16;1-3-7-11(8-4-1)13-12-9-5-2-6-10-12;;;/h2*3-11H,1-2H3;1-10H;2*1H;/q2*-1;;;;+2/p-2. The molecule has 0 aromatic heterocycles. The van der Waals surface area contributed by atoms with Crippen molar-refractivity contribution in [1.29, 1.82) is 0 Å². The van der Waals surface area contributed by atoms with Crippen LogP contribution in [0, 0.1) is 27.7 Å². The summed E-state index contributed by atoms with van der Waals surface area (Å²) in [4.78, 5) is 0. The summed E-state index contributed by atoms with van der Waals surface area (Å²) in [7, 11) is 12.7. The molecule has 8 aromatic rings. The van der Waals surface area contributed by atoms with Gasteiger partial charge in [0.15, 0.2) is 0 Å². The van der Waals surface area contributed by atoms with E-state index in [1.54, 1.807) is 0 Å². The Balaban J connectivity index is 0.000000130. The van der Waals surface area contributed by atoms with Crippen LogP contribution in [0.2, 0.25) is 0 Å². The van der Waals surface area contributed by atoms with Crippen LogP contribution in [0.25, 0.3) is 43.8 Å². The minimum atomic E-state index is -2.41. The van der Waals surface area contributed by atoms with Crippen LogP contribution in [0.1, 0.15) is 22.3 Å². The van der Waals surface area contributed by atoms with Gasteiger partial charge in [0, 0.05) is 0 Å². The van der Waals surface area contributed by atoms with Crippen molar-refractivity contribution in [3.63, 3.8) is 0 Å². The molecule has 0 N–H and O–H groups in total. The van der Waals surface area contributed by atoms with E-state index in [9.17, 15) is 0 Å². The molecule has 4 heteroatoms. The second-order valence-corrected chi connectivity index (χ2v) is 38.9. The van der Waals surface area contributed by atoms with E-state index in [1.165, 1.54) is 76.4 Å². The summed E-state index contributed by atoms with van der Waals surface area (Å²) in [5.41, 5.74) is 9.93. The third-order valence-corrected chi connectivity index (χ3v) is 30.7. The van der Waals surface area contributed by atoms with Gasteiger partial charge in [-0.2, -0.15) is 45.5 Å². The quantitative estimate of drug-likeness (QED) is 0.122. The predicted molar refractivity (Wildman–Crippen MR) is 219 cm³/mol. The van der Waals surface area contributed by atoms with Crippen molar-refractivity contribution < 1.29 is 17.7 Å². The zero-order valence-corrected chi connectivity index (χ0v) is 35.0. The number of aryl methyl sites for hydroxylation is 4. The van der Waals surface area contributed by atoms with Crippen molar-refractivity contribution in [3.05, 3.63) is 192 Å². The third kappa shape index (κ3) is 8.56. The van der Waals surface area contributed by atoms with Crippen molar-refractivity contribution in [2.75, 3.05) is 0 Å². The van der Waals surface area contributed by atoms with Gasteiger partial charge < -0.3 is 0 Å². The second kappa shape index (κ2) is 16.9. The molecule has 0 spiro atoms. The van der Waals surface area contributed by atoms with Gasteiger partial charge in [0.25, 0.3) is 0 Å². The van der Waals surface area contributed by atoms with Crippen molar-refractivity contribution in [2.45, 2.75) is 27.7 Å². The van der Waals surface area contributed by atoms with Crippen LogP contribution < -0.4 is 10.4 Å². The van der Waals surface area contributed by atoms with Crippen LogP contribution in [0.5, 0.6) is 0 Å². The molecule has 8 rings (SSSR count). The van der Waals surface area contributed by atoms with E-state index >= 15 is 0 Å². The molecular formula is C46H40Cl2HfSi-2. The number of hydrogen-bond acceptors (Lipinski definition) is 0. The van der Waals surface area contributed by atoms with E-state index in [2.05, 4.69) is 185 Å². The molecule has 0 saturated heterocycles. The second-order valence-electron chi connectivity index (χ2n) is 12.7. The first-order valence-corrected chi connectivity index (χ1v) is 32.7. The fourth-order valence-electron chi connectivity index (χ4n) is 6.70. The van der Waals surface area contributed by atoms with Gasteiger partial charge >= 0.3 is 111 Å². The van der Waals surface area contributed by atoms with Crippen molar-refractivity contribution in [3.8, 4) is 22.3 Å². The molecule has 0 atom stereocenters. The van der Waals surface area contributed by atoms with Crippen molar-refractivity contribution >= 4 is 54.6 Å². The average Bonchev–Trinajstić information content (AvgIpc) is 3.66. The fourth-order valence-corrected chi connectivity index (χ4v) is 27.5. The van der Waals surface area contributed by atoms with Gasteiger partial charge in [-0.3, -0.25) is 0 Å². The third-order valence-electron chi connectivity index (χ3n) is 8.96. The van der Waals surface area contributed by atoms with Crippen LogP contribution >= 0.6 is 17.2 Å². The fraction of sp³-hybridized carbons (Fsp3) is 0.0870. The van der Waals surface area contributed by atoms with Crippen LogP contribution in [-0.2, 0) is 17.7 Å². The van der Waals surface area contributed by atoms with Crippen LogP contribution in [0.4, 0.5) is 0 Å². The van der Waals surface area contributed by atoms with Gasteiger partial charge in [0.05, 0.1) is 0 Å². The molecule has 0 saturated carbocycles. The summed E-state index contributed by atoms with van der Waals surface area (Å²) >= 11 is -2.41. The normalized spacial score (nSPS) is 10.6. The van der Waals surface area contributed by atoms with Gasteiger partial charge in [-0.05, 0) is 21.5 Å². The maximum absolute atomic E-state index is 6.34. The monoisotopic (exact) mass is 870 g/mol. The molecule has 248 valence electrons. The first-order chi connectivity index (χ1) is 24.3. The van der Waals surface area contributed by atoms with E-state index in [-0.39, 0.29) is 0 Å². The number of fused-ring (bicyclic) bond motifs is 2. The molecule has 0 radical (unpaired) electrons. The van der Waals surface area contributed by atoms with E-state index in [0.29, 0.717) is 0 Å². The van der Waals surface area contributed by atoms with Gasteiger partial charge in [0.2, 0.25) is 0 Å². The van der Waals surface area contributed by atoms with Gasteiger partial charge in [-0.1, -0.05) is 124 Å². The zero-order chi connectivity index (χ0) is 35.0. The first kappa shape index (κ1) is 36.0. The maximum atomic E-state index is 6.34. The van der Waals surface area contributed by atoms with E-state index in [4.69, 9.17) is 17.2 Å². The predicted octanol–water partition coefficient (Wildman–Crippen LogP) is 12.4. The number of rotatable bonds is 4. The molecule has 0 bridgehead atoms. The summed E-state index contributed by atoms with van der Waals surface area (Å²) in [6, 6.07) is 60.1. The van der Waals surface area contributed by atoms with Crippen LogP contribution in [-0.4, -0.2) is 5.49 Å². The topological polar surface area (TPSA) is 0 Å². The summed E-state index contributed by atoms with van der Waals surface area (Å²) in [5, 5.41) is 7.97. The molecule has 0 nitrogen and oxygen atoms in total. The van der Waals surface area contributed by atoms with Gasteiger partial charge in [-0.15, -0.1) is 0 Å². The molecule has 8 aromatic carbocycles. The molecule has 0 amide bonds. The molecule has 0 aliphatic heterocycles. The van der Waals surface area contributed by atoms with E-state index in [1.807, 2.05) is 12.1 Å². The van der Waals surface area contributed by atoms with Crippen molar-refractivity contribution in [1.82, 2.24) is 0 Å². The van der Waals surface area contributed by atoms with Gasteiger partial charge in [-0.25, -0.2) is 12.1 Å². The molecule has 0 aliphatic rings. The Labute approximate surface area is 311 Å². The summed E-state index contributed by atoms with van der Waals surface area (Å²) in [6.07, 6.45) is 0. The Morgan fingerprint density at radius 3 is 1.14 bits per heavy atom. The molecule has 0 heterocycles. The Kier molecular flexibility index (Phi) is 12.2. The van der Waals surface area contributed by atoms with E-state index < -0.39 is 23.2 Å². The average molecular weight is 870 g/mol. The Morgan fingerprint density at radius 2 is 0.780 bits per heavy atom. The summed E-state index contributed by atoms with van der Waals surface area (Å²) in [5.74, 6) is 0. The number of hydrogen-bond donors (Lipinski definition) is 0. The molecule has 0 fully saturated rings. The number of benzene rings is 6. The molecule has 0 unspecified atom stereocenters. The number of halogens is 2. The Hall–Kier alpha value is -3.79. The molecule has 0 aliphatic carbocycles. The van der Waals surface area contributed by atoms with Crippen LogP contribution in [0.3, 0.4) is 0 Å². The van der Waals surface area contributed by atoms with Crippen LogP contribution in [0.15, 0.2) is 170 Å². The molecular weight excluding hydrogens is 830 g/mol. The minimum absolute atomic E-state index is 0.873. The first-order valence-electron chi connectivity index (χ1n) is 16.9. The SMILES string of the molecule is Cc1cc(-c2cccc3ccccc23)c(C)[cH-]1.Cc1cc(-c2cccc3ccccc23)c(C)[cH-]1.[Cl][Hf]([Cl])=[Si](c1ccccc1)c1ccccc1. The van der Waals surface area contributed by atoms with Crippen molar-refractivity contribution in [2.24, 2.45) is 0 Å². The summed E-state index contributed by atoms with van der Waals surface area (Å²) in [6.45, 7) is 8.68. The molecule has 50 heavy (non-hydrogen) atoms. The summed E-state index contributed by atoms with van der Waals surface area (Å²) < 4.78 is 0. The van der Waals surface area contributed by atoms with Gasteiger partial charge in [0.1, 0.15) is 0 Å². The van der Waals surface area contributed by atoms with E-state index in [0.717, 1.165) is 0 Å². The zero-order valence-electron chi connectivity index (χ0n) is 28.9. The Bertz CT molecular complexity index is 2210.